The van der Waals surface area contributed by atoms with Crippen LogP contribution in [0.15, 0.2) is 18.2 Å². The Morgan fingerprint density at radius 1 is 0.667 bits per heavy atom. The van der Waals surface area contributed by atoms with Crippen molar-refractivity contribution in [2.24, 2.45) is 0 Å². The fraction of sp³-hybridized carbons (Fsp3) is 0. The summed E-state index contributed by atoms with van der Waals surface area (Å²) in [4.78, 5) is 0. The van der Waals surface area contributed by atoms with Crippen molar-refractivity contribution < 1.29 is 22.0 Å². The smallest absolute Gasteiger partial charge is 0.195 e. The first kappa shape index (κ1) is 9.89. The molecule has 0 heterocycles. The van der Waals surface area contributed by atoms with Crippen LogP contribution in [0.5, 0.6) is 0 Å². The van der Waals surface area contributed by atoms with Crippen molar-refractivity contribution in [2.75, 3.05) is 0 Å². The number of fused-ring (bicyclic) bond motifs is 1. The highest BCUT2D eigenvalue weighted by Gasteiger charge is 2.18. The number of benzene rings is 2. The van der Waals surface area contributed by atoms with E-state index in [1.807, 2.05) is 0 Å². The second-order valence-electron chi connectivity index (χ2n) is 2.95. The molecular weight excluding hydrogens is 215 g/mol. The van der Waals surface area contributed by atoms with Crippen molar-refractivity contribution in [2.45, 2.75) is 0 Å². The van der Waals surface area contributed by atoms with Crippen LogP contribution in [0, 0.1) is 29.1 Å². The fourth-order valence-electron chi connectivity index (χ4n) is 1.32. The minimum absolute atomic E-state index is 0.231. The lowest BCUT2D eigenvalue weighted by Crippen LogP contribution is -1.96. The molecule has 2 aromatic carbocycles. The largest absolute Gasteiger partial charge is 0.204 e. The molecule has 0 radical (unpaired) electrons. The molecule has 0 aromatic heterocycles. The number of hydrogen-bond donors (Lipinski definition) is 0. The minimum atomic E-state index is -1.81. The summed E-state index contributed by atoms with van der Waals surface area (Å²) in [5.41, 5.74) is 0. The summed E-state index contributed by atoms with van der Waals surface area (Å²) in [7, 11) is 0. The average Bonchev–Trinajstić information content (AvgIpc) is 2.20. The van der Waals surface area contributed by atoms with Gasteiger partial charge in [0.05, 0.1) is 5.39 Å². The summed E-state index contributed by atoms with van der Waals surface area (Å²) in [6.07, 6.45) is 0. The summed E-state index contributed by atoms with van der Waals surface area (Å²) in [6, 6.07) is 2.30. The minimum Gasteiger partial charge on any atom is -0.204 e. The van der Waals surface area contributed by atoms with Crippen LogP contribution in [-0.4, -0.2) is 0 Å². The third kappa shape index (κ3) is 1.35. The second-order valence-corrected chi connectivity index (χ2v) is 2.95. The van der Waals surface area contributed by atoms with Crippen molar-refractivity contribution in [1.29, 1.82) is 0 Å². The van der Waals surface area contributed by atoms with Crippen molar-refractivity contribution in [3.63, 3.8) is 0 Å². The second kappa shape index (κ2) is 3.18. The van der Waals surface area contributed by atoms with Gasteiger partial charge in [-0.25, -0.2) is 22.0 Å². The third-order valence-corrected chi connectivity index (χ3v) is 2.03. The first-order chi connectivity index (χ1) is 7.02. The fourth-order valence-corrected chi connectivity index (χ4v) is 1.32. The number of halogens is 5. The summed E-state index contributed by atoms with van der Waals surface area (Å²) >= 11 is 0. The van der Waals surface area contributed by atoms with Crippen molar-refractivity contribution in [3.8, 4) is 0 Å². The summed E-state index contributed by atoms with van der Waals surface area (Å²) < 4.78 is 64.3. The summed E-state index contributed by atoms with van der Waals surface area (Å²) in [5.74, 6) is -7.81. The highest BCUT2D eigenvalue weighted by Crippen LogP contribution is 2.26. The summed E-state index contributed by atoms with van der Waals surface area (Å²) in [5, 5.41) is -1.11. The van der Waals surface area contributed by atoms with Gasteiger partial charge in [0.15, 0.2) is 29.1 Å². The average molecular weight is 218 g/mol. The first-order valence-electron chi connectivity index (χ1n) is 3.93. The van der Waals surface area contributed by atoms with Crippen LogP contribution in [0.4, 0.5) is 22.0 Å². The Hall–Kier alpha value is -1.65. The van der Waals surface area contributed by atoms with Gasteiger partial charge in [0.2, 0.25) is 0 Å². The molecular formula is C10H3F5. The van der Waals surface area contributed by atoms with E-state index in [0.717, 1.165) is 6.07 Å². The Labute approximate surface area is 80.9 Å². The lowest BCUT2D eigenvalue weighted by atomic mass is 10.1. The highest BCUT2D eigenvalue weighted by atomic mass is 19.2. The molecule has 0 atom stereocenters. The van der Waals surface area contributed by atoms with Gasteiger partial charge in [-0.3, -0.25) is 0 Å². The van der Waals surface area contributed by atoms with Crippen LogP contribution < -0.4 is 0 Å². The van der Waals surface area contributed by atoms with Gasteiger partial charge in [0.1, 0.15) is 0 Å². The van der Waals surface area contributed by atoms with E-state index in [4.69, 9.17) is 0 Å². The molecule has 0 unspecified atom stereocenters. The molecule has 5 heteroatoms. The lowest BCUT2D eigenvalue weighted by Gasteiger charge is -2.03. The monoisotopic (exact) mass is 218 g/mol. The van der Waals surface area contributed by atoms with Crippen molar-refractivity contribution in [3.05, 3.63) is 47.3 Å². The molecule has 0 saturated carbocycles. The predicted molar refractivity (Wildman–Crippen MR) is 43.7 cm³/mol. The Balaban J connectivity index is 3.00. The van der Waals surface area contributed by atoms with Crippen LogP contribution in [0.3, 0.4) is 0 Å². The normalized spacial score (nSPS) is 11.0. The highest BCUT2D eigenvalue weighted by molar-refractivity contribution is 5.84. The Bertz CT molecular complexity index is 547. The molecule has 0 aliphatic heterocycles. The standard InChI is InChI=1S/C10H3F5/c11-5-2-1-4-3-6(12)9(14)10(15)7(4)8(5)13/h1-3H. The molecule has 0 bridgehead atoms. The Kier molecular flexibility index (Phi) is 2.10. The molecule has 0 amide bonds. The van der Waals surface area contributed by atoms with Crippen LogP contribution in [0.1, 0.15) is 0 Å². The van der Waals surface area contributed by atoms with Crippen molar-refractivity contribution >= 4 is 10.8 Å². The van der Waals surface area contributed by atoms with Crippen LogP contribution in [-0.2, 0) is 0 Å². The Morgan fingerprint density at radius 2 is 1.33 bits per heavy atom. The van der Waals surface area contributed by atoms with E-state index in [1.54, 1.807) is 0 Å². The molecule has 2 rings (SSSR count). The topological polar surface area (TPSA) is 0 Å². The maximum Gasteiger partial charge on any atom is 0.195 e. The van der Waals surface area contributed by atoms with Gasteiger partial charge in [0, 0.05) is 0 Å². The van der Waals surface area contributed by atoms with Crippen LogP contribution >= 0.6 is 0 Å². The lowest BCUT2D eigenvalue weighted by molar-refractivity contribution is 0.448. The molecule has 0 N–H and O–H groups in total. The van der Waals surface area contributed by atoms with Gasteiger partial charge >= 0.3 is 0 Å². The zero-order chi connectivity index (χ0) is 11.2. The zero-order valence-electron chi connectivity index (χ0n) is 7.12. The predicted octanol–water partition coefficient (Wildman–Crippen LogP) is 3.54. The van der Waals surface area contributed by atoms with Crippen molar-refractivity contribution in [1.82, 2.24) is 0 Å². The molecule has 15 heavy (non-hydrogen) atoms. The molecule has 0 spiro atoms. The first-order valence-corrected chi connectivity index (χ1v) is 3.93. The van der Waals surface area contributed by atoms with Crippen LogP contribution in [0.2, 0.25) is 0 Å². The molecule has 0 nitrogen and oxygen atoms in total. The van der Waals surface area contributed by atoms with Gasteiger partial charge in [-0.05, 0) is 17.5 Å². The van der Waals surface area contributed by atoms with Gasteiger partial charge in [-0.2, -0.15) is 0 Å². The van der Waals surface area contributed by atoms with E-state index in [-0.39, 0.29) is 5.39 Å². The SMILES string of the molecule is Fc1cc2ccc(F)c(F)c2c(F)c1F. The van der Waals surface area contributed by atoms with E-state index in [0.29, 0.717) is 12.1 Å². The Morgan fingerprint density at radius 3 is 2.00 bits per heavy atom. The maximum atomic E-state index is 13.1. The maximum absolute atomic E-state index is 13.1. The quantitative estimate of drug-likeness (QED) is 0.468. The molecule has 0 saturated heterocycles. The van der Waals surface area contributed by atoms with E-state index in [2.05, 4.69) is 0 Å². The van der Waals surface area contributed by atoms with E-state index >= 15 is 0 Å². The van der Waals surface area contributed by atoms with Gasteiger partial charge in [0.25, 0.3) is 0 Å². The van der Waals surface area contributed by atoms with Gasteiger partial charge in [-0.1, -0.05) is 6.07 Å². The summed E-state index contributed by atoms with van der Waals surface area (Å²) in [6.45, 7) is 0. The molecule has 78 valence electrons. The van der Waals surface area contributed by atoms with E-state index in [9.17, 15) is 22.0 Å². The molecule has 0 fully saturated rings. The zero-order valence-corrected chi connectivity index (χ0v) is 7.12. The van der Waals surface area contributed by atoms with E-state index in [1.165, 1.54) is 0 Å². The molecule has 0 aliphatic carbocycles. The third-order valence-electron chi connectivity index (χ3n) is 2.03. The van der Waals surface area contributed by atoms with Crippen LogP contribution in [0.25, 0.3) is 10.8 Å². The van der Waals surface area contributed by atoms with E-state index < -0.39 is 34.5 Å². The number of hydrogen-bond acceptors (Lipinski definition) is 0. The number of rotatable bonds is 0. The van der Waals surface area contributed by atoms with Gasteiger partial charge in [-0.15, -0.1) is 0 Å². The molecule has 2 aromatic rings. The van der Waals surface area contributed by atoms with Gasteiger partial charge < -0.3 is 0 Å². The molecule has 0 aliphatic rings.